The topological polar surface area (TPSA) is 86.1 Å². The highest BCUT2D eigenvalue weighted by Crippen LogP contribution is 2.33. The van der Waals surface area contributed by atoms with E-state index in [-0.39, 0.29) is 17.7 Å². The van der Waals surface area contributed by atoms with Crippen molar-refractivity contribution in [2.24, 2.45) is 0 Å². The zero-order valence-corrected chi connectivity index (χ0v) is 19.9. The number of thioether (sulfide) groups is 1. The van der Waals surface area contributed by atoms with Gasteiger partial charge in [0.2, 0.25) is 5.91 Å². The van der Waals surface area contributed by atoms with Gasteiger partial charge in [0.15, 0.2) is 11.0 Å². The Labute approximate surface area is 187 Å². The minimum absolute atomic E-state index is 0.145. The third kappa shape index (κ3) is 4.93. The highest BCUT2D eigenvalue weighted by atomic mass is 32.2. The van der Waals surface area contributed by atoms with E-state index in [0.717, 1.165) is 11.4 Å². The molecule has 160 valence electrons. The van der Waals surface area contributed by atoms with Crippen LogP contribution in [-0.4, -0.2) is 39.5 Å². The van der Waals surface area contributed by atoms with Crippen molar-refractivity contribution in [2.45, 2.75) is 44.8 Å². The second kappa shape index (κ2) is 9.76. The molecule has 0 saturated carbocycles. The smallest absolute Gasteiger partial charge is 0.340 e. The van der Waals surface area contributed by atoms with Crippen LogP contribution < -0.4 is 5.32 Å². The van der Waals surface area contributed by atoms with Gasteiger partial charge in [0, 0.05) is 21.9 Å². The number of amides is 1. The standard InChI is InChI=1S/C20H24N4O3S3/c1-11(2)15-8-13(9-29-15)17-22-23-20(24(17)12(3)4)30-10-16(25)21-18-14(6-7-28-18)19(26)27-5/h6-9,11-12H,10H2,1-5H3,(H,21,25). The molecule has 0 aromatic carbocycles. The summed E-state index contributed by atoms with van der Waals surface area (Å²) in [4.78, 5) is 25.5. The van der Waals surface area contributed by atoms with Crippen LogP contribution in [0.25, 0.3) is 11.4 Å². The number of methoxy groups -OCH3 is 1. The molecule has 30 heavy (non-hydrogen) atoms. The first-order valence-electron chi connectivity index (χ1n) is 9.44. The van der Waals surface area contributed by atoms with Crippen LogP contribution in [-0.2, 0) is 9.53 Å². The average molecular weight is 465 g/mol. The van der Waals surface area contributed by atoms with Gasteiger partial charge in [-0.1, -0.05) is 25.6 Å². The Morgan fingerprint density at radius 2 is 2.00 bits per heavy atom. The lowest BCUT2D eigenvalue weighted by Crippen LogP contribution is -2.16. The normalized spacial score (nSPS) is 11.3. The van der Waals surface area contributed by atoms with Gasteiger partial charge in [-0.3, -0.25) is 9.36 Å². The third-order valence-corrected chi connectivity index (χ3v) is 7.29. The van der Waals surface area contributed by atoms with Crippen molar-refractivity contribution in [1.82, 2.24) is 14.8 Å². The molecule has 1 amide bonds. The highest BCUT2D eigenvalue weighted by molar-refractivity contribution is 7.99. The van der Waals surface area contributed by atoms with Crippen molar-refractivity contribution < 1.29 is 14.3 Å². The zero-order chi connectivity index (χ0) is 21.8. The molecule has 0 unspecified atom stereocenters. The minimum atomic E-state index is -0.472. The summed E-state index contributed by atoms with van der Waals surface area (Å²) in [5.74, 6) is 0.737. The third-order valence-electron chi connectivity index (χ3n) is 4.28. The molecule has 7 nitrogen and oxygen atoms in total. The van der Waals surface area contributed by atoms with Crippen LogP contribution in [0.2, 0.25) is 0 Å². The number of anilines is 1. The number of aromatic nitrogens is 3. The average Bonchev–Trinajstić information content (AvgIpc) is 3.43. The SMILES string of the molecule is COC(=O)c1ccsc1NC(=O)CSc1nnc(-c2csc(C(C)C)c2)n1C(C)C. The van der Waals surface area contributed by atoms with Crippen LogP contribution in [0.4, 0.5) is 5.00 Å². The first-order valence-corrected chi connectivity index (χ1v) is 12.2. The number of thiophene rings is 2. The van der Waals surface area contributed by atoms with Crippen LogP contribution in [0.3, 0.4) is 0 Å². The summed E-state index contributed by atoms with van der Waals surface area (Å²) in [5.41, 5.74) is 1.40. The fourth-order valence-corrected chi connectivity index (χ4v) is 5.34. The summed E-state index contributed by atoms with van der Waals surface area (Å²) >= 11 is 4.33. The number of hydrogen-bond donors (Lipinski definition) is 1. The molecule has 0 aliphatic rings. The number of nitrogens with zero attached hydrogens (tertiary/aromatic N) is 3. The molecule has 3 aromatic heterocycles. The lowest BCUT2D eigenvalue weighted by atomic mass is 10.1. The summed E-state index contributed by atoms with van der Waals surface area (Å²) in [6.07, 6.45) is 0. The van der Waals surface area contributed by atoms with E-state index in [2.05, 4.69) is 59.2 Å². The Morgan fingerprint density at radius 3 is 2.63 bits per heavy atom. The van der Waals surface area contributed by atoms with Crippen LogP contribution in [0.1, 0.15) is 54.9 Å². The highest BCUT2D eigenvalue weighted by Gasteiger charge is 2.20. The Bertz CT molecular complexity index is 1040. The van der Waals surface area contributed by atoms with E-state index < -0.39 is 5.97 Å². The quantitative estimate of drug-likeness (QED) is 0.360. The molecule has 0 radical (unpaired) electrons. The molecule has 0 saturated heterocycles. The molecular formula is C20H24N4O3S3. The van der Waals surface area contributed by atoms with Crippen LogP contribution in [0.5, 0.6) is 0 Å². The number of esters is 1. The van der Waals surface area contributed by atoms with Gasteiger partial charge in [-0.05, 0) is 37.3 Å². The molecular weight excluding hydrogens is 440 g/mol. The minimum Gasteiger partial charge on any atom is -0.465 e. The maximum Gasteiger partial charge on any atom is 0.340 e. The molecule has 0 fully saturated rings. The van der Waals surface area contributed by atoms with E-state index in [1.165, 1.54) is 35.1 Å². The monoisotopic (exact) mass is 464 g/mol. The summed E-state index contributed by atoms with van der Waals surface area (Å²) in [6, 6.07) is 3.93. The largest absolute Gasteiger partial charge is 0.465 e. The van der Waals surface area contributed by atoms with Crippen molar-refractivity contribution in [3.05, 3.63) is 33.3 Å². The lowest BCUT2D eigenvalue weighted by Gasteiger charge is -2.13. The van der Waals surface area contributed by atoms with Crippen molar-refractivity contribution in [3.63, 3.8) is 0 Å². The van der Waals surface area contributed by atoms with E-state index in [1.807, 2.05) is 0 Å². The molecule has 3 aromatic rings. The molecule has 10 heteroatoms. The molecule has 0 bridgehead atoms. The first-order chi connectivity index (χ1) is 14.3. The predicted octanol–water partition coefficient (Wildman–Crippen LogP) is 5.29. The van der Waals surface area contributed by atoms with E-state index in [9.17, 15) is 9.59 Å². The lowest BCUT2D eigenvalue weighted by molar-refractivity contribution is -0.113. The van der Waals surface area contributed by atoms with E-state index in [4.69, 9.17) is 4.74 Å². The molecule has 0 aliphatic carbocycles. The number of carbonyl (C=O) groups excluding carboxylic acids is 2. The van der Waals surface area contributed by atoms with Gasteiger partial charge in [0.25, 0.3) is 0 Å². The second-order valence-electron chi connectivity index (χ2n) is 7.15. The first kappa shape index (κ1) is 22.5. The van der Waals surface area contributed by atoms with E-state index in [1.54, 1.807) is 22.8 Å². The number of carbonyl (C=O) groups is 2. The van der Waals surface area contributed by atoms with Crippen molar-refractivity contribution in [2.75, 3.05) is 18.2 Å². The number of hydrogen-bond acceptors (Lipinski definition) is 8. The maximum atomic E-state index is 12.4. The number of nitrogens with one attached hydrogen (secondary N) is 1. The maximum absolute atomic E-state index is 12.4. The van der Waals surface area contributed by atoms with Gasteiger partial charge in [-0.15, -0.1) is 32.9 Å². The van der Waals surface area contributed by atoms with Crippen LogP contribution >= 0.6 is 34.4 Å². The van der Waals surface area contributed by atoms with Gasteiger partial charge < -0.3 is 10.1 Å². The second-order valence-corrected chi connectivity index (χ2v) is 9.96. The van der Waals surface area contributed by atoms with Gasteiger partial charge >= 0.3 is 5.97 Å². The summed E-state index contributed by atoms with van der Waals surface area (Å²) in [5, 5.41) is 16.5. The molecule has 3 rings (SSSR count). The molecule has 1 N–H and O–H groups in total. The van der Waals surface area contributed by atoms with Gasteiger partial charge in [-0.25, -0.2) is 4.79 Å². The molecule has 0 aliphatic heterocycles. The summed E-state index contributed by atoms with van der Waals surface area (Å²) in [6.45, 7) is 8.48. The zero-order valence-electron chi connectivity index (χ0n) is 17.5. The van der Waals surface area contributed by atoms with Gasteiger partial charge in [-0.2, -0.15) is 0 Å². The molecule has 3 heterocycles. The predicted molar refractivity (Wildman–Crippen MR) is 123 cm³/mol. The summed E-state index contributed by atoms with van der Waals surface area (Å²) < 4.78 is 6.79. The Balaban J connectivity index is 1.72. The number of rotatable bonds is 8. The van der Waals surface area contributed by atoms with E-state index >= 15 is 0 Å². The number of ether oxygens (including phenoxy) is 1. The Kier molecular flexibility index (Phi) is 7.32. The van der Waals surface area contributed by atoms with Crippen LogP contribution in [0.15, 0.2) is 28.0 Å². The van der Waals surface area contributed by atoms with E-state index in [0.29, 0.717) is 21.6 Å². The van der Waals surface area contributed by atoms with Crippen LogP contribution in [0, 0.1) is 0 Å². The fourth-order valence-electron chi connectivity index (χ4n) is 2.78. The summed E-state index contributed by atoms with van der Waals surface area (Å²) in [7, 11) is 1.31. The Morgan fingerprint density at radius 1 is 1.23 bits per heavy atom. The van der Waals surface area contributed by atoms with Crippen molar-refractivity contribution in [3.8, 4) is 11.4 Å². The molecule has 0 spiro atoms. The van der Waals surface area contributed by atoms with Crippen molar-refractivity contribution >= 4 is 51.3 Å². The van der Waals surface area contributed by atoms with Gasteiger partial charge in [0.05, 0.1) is 18.4 Å². The van der Waals surface area contributed by atoms with Gasteiger partial charge in [0.1, 0.15) is 5.00 Å². The van der Waals surface area contributed by atoms with Crippen molar-refractivity contribution in [1.29, 1.82) is 0 Å². The fraction of sp³-hybridized carbons (Fsp3) is 0.400. The molecule has 0 atom stereocenters. The Hall–Kier alpha value is -2.17.